The van der Waals surface area contributed by atoms with Crippen molar-refractivity contribution in [3.63, 3.8) is 0 Å². The molecule has 9 rings (SSSR count). The Hall–Kier alpha value is -1.40. The third-order valence-electron chi connectivity index (χ3n) is 11.5. The molecule has 5 aliphatic carbocycles. The van der Waals surface area contributed by atoms with E-state index < -0.39 is 0 Å². The summed E-state index contributed by atoms with van der Waals surface area (Å²) in [7, 11) is 0. The lowest BCUT2D eigenvalue weighted by molar-refractivity contribution is -0.372. The van der Waals surface area contributed by atoms with Crippen LogP contribution in [0.3, 0.4) is 0 Å². The molecule has 2 spiro atoms. The van der Waals surface area contributed by atoms with Gasteiger partial charge in [-0.2, -0.15) is 0 Å². The molecule has 0 radical (unpaired) electrons. The van der Waals surface area contributed by atoms with Crippen molar-refractivity contribution in [2.45, 2.75) is 90.4 Å². The summed E-state index contributed by atoms with van der Waals surface area (Å²) in [6.07, 6.45) is 5.37. The Balaban J connectivity index is 1.44. The highest BCUT2D eigenvalue weighted by Crippen LogP contribution is 2.86. The van der Waals surface area contributed by atoms with E-state index in [9.17, 15) is 9.59 Å². The number of ether oxygens (including phenoxy) is 3. The Morgan fingerprint density at radius 3 is 2.62 bits per heavy atom. The molecule has 4 heterocycles. The minimum Gasteiger partial charge on any atom is -0.462 e. The van der Waals surface area contributed by atoms with Crippen LogP contribution in [0.4, 0.5) is 0 Å². The number of fused-ring (bicyclic) bond motifs is 2. The van der Waals surface area contributed by atoms with E-state index in [1.807, 2.05) is 0 Å². The summed E-state index contributed by atoms with van der Waals surface area (Å²) in [4.78, 5) is 27.0. The summed E-state index contributed by atoms with van der Waals surface area (Å²) >= 11 is 0. The minimum atomic E-state index is -0.273. The summed E-state index contributed by atoms with van der Waals surface area (Å²) in [6, 6.07) is 0.473. The number of carbonyl (C=O) groups excluding carboxylic acids is 2. The van der Waals surface area contributed by atoms with E-state index in [1.54, 1.807) is 0 Å². The standard InChI is InChI=1S/C26H35NO5/c1-6-27-21-16-9-18-24(5)8-7-20(32-23(24)27)26(18,21)19-10-17(30-13(3)28)15-11-25(16,19)22(12(15)2)31-14(4)29/h15-23H,2,6-11H2,1,3-5H3/t15-,16+,17+,18-,19-,20+,21?,22-,23?,24-,25+,26+/m1/s1. The van der Waals surface area contributed by atoms with Crippen LogP contribution in [-0.4, -0.2) is 54.0 Å². The number of hydrogen-bond acceptors (Lipinski definition) is 6. The fourth-order valence-electron chi connectivity index (χ4n) is 11.2. The lowest BCUT2D eigenvalue weighted by atomic mass is 9.41. The van der Waals surface area contributed by atoms with Crippen LogP contribution in [-0.2, 0) is 23.8 Å². The van der Waals surface area contributed by atoms with Crippen molar-refractivity contribution in [1.82, 2.24) is 4.90 Å². The van der Waals surface area contributed by atoms with E-state index in [4.69, 9.17) is 14.2 Å². The van der Waals surface area contributed by atoms with E-state index in [0.717, 1.165) is 31.4 Å². The third kappa shape index (κ3) is 1.81. The van der Waals surface area contributed by atoms with Crippen molar-refractivity contribution in [2.24, 2.45) is 39.9 Å². The molecule has 9 fully saturated rings. The van der Waals surface area contributed by atoms with Crippen molar-refractivity contribution >= 4 is 11.9 Å². The number of nitrogens with zero attached hydrogens (tertiary/aromatic N) is 1. The molecule has 0 aromatic carbocycles. The first kappa shape index (κ1) is 20.0. The highest BCUT2D eigenvalue weighted by atomic mass is 16.6. The molecule has 32 heavy (non-hydrogen) atoms. The number of hydrogen-bond donors (Lipinski definition) is 0. The zero-order valence-corrected chi connectivity index (χ0v) is 19.6. The van der Waals surface area contributed by atoms with E-state index in [0.29, 0.717) is 23.8 Å². The highest BCUT2D eigenvalue weighted by molar-refractivity contribution is 5.67. The molecule has 4 saturated heterocycles. The summed E-state index contributed by atoms with van der Waals surface area (Å²) < 4.78 is 19.0. The van der Waals surface area contributed by atoms with Gasteiger partial charge in [0.1, 0.15) is 18.4 Å². The fraction of sp³-hybridized carbons (Fsp3) is 0.846. The Bertz CT molecular complexity index is 949. The van der Waals surface area contributed by atoms with Crippen LogP contribution in [0.1, 0.15) is 59.8 Å². The van der Waals surface area contributed by atoms with Gasteiger partial charge in [0.15, 0.2) is 0 Å². The number of rotatable bonds is 3. The molecule has 6 heteroatoms. The second-order valence-corrected chi connectivity index (χ2v) is 12.1. The molecule has 0 aromatic heterocycles. The van der Waals surface area contributed by atoms with Crippen LogP contribution in [0.15, 0.2) is 12.2 Å². The molecule has 2 unspecified atom stereocenters. The fourth-order valence-corrected chi connectivity index (χ4v) is 11.2. The van der Waals surface area contributed by atoms with E-state index in [2.05, 4.69) is 25.3 Å². The minimum absolute atomic E-state index is 0.0643. The van der Waals surface area contributed by atoms with Gasteiger partial charge in [0.25, 0.3) is 0 Å². The Morgan fingerprint density at radius 1 is 1.19 bits per heavy atom. The molecule has 4 aliphatic heterocycles. The first-order valence-corrected chi connectivity index (χ1v) is 12.7. The maximum absolute atomic E-state index is 12.3. The number of carbonyl (C=O) groups is 2. The van der Waals surface area contributed by atoms with Crippen LogP contribution in [0, 0.1) is 39.9 Å². The van der Waals surface area contributed by atoms with Crippen LogP contribution >= 0.6 is 0 Å². The summed E-state index contributed by atoms with van der Waals surface area (Å²) in [5.74, 6) is 1.07. The predicted molar refractivity (Wildman–Crippen MR) is 115 cm³/mol. The van der Waals surface area contributed by atoms with Gasteiger partial charge in [-0.1, -0.05) is 20.4 Å². The summed E-state index contributed by atoms with van der Waals surface area (Å²) in [5, 5.41) is 0. The van der Waals surface area contributed by atoms with Gasteiger partial charge in [-0.05, 0) is 62.0 Å². The topological polar surface area (TPSA) is 65.1 Å². The van der Waals surface area contributed by atoms with Crippen LogP contribution < -0.4 is 0 Å². The quantitative estimate of drug-likeness (QED) is 0.495. The number of piperidine rings is 1. The molecule has 9 bridgehead atoms. The van der Waals surface area contributed by atoms with Gasteiger partial charge >= 0.3 is 11.9 Å². The van der Waals surface area contributed by atoms with Gasteiger partial charge in [-0.3, -0.25) is 14.5 Å². The van der Waals surface area contributed by atoms with Crippen molar-refractivity contribution in [3.05, 3.63) is 12.2 Å². The molecule has 174 valence electrons. The largest absolute Gasteiger partial charge is 0.462 e. The first-order chi connectivity index (χ1) is 15.2. The molecular weight excluding hydrogens is 406 g/mol. The third-order valence-corrected chi connectivity index (χ3v) is 11.5. The smallest absolute Gasteiger partial charge is 0.303 e. The number of esters is 2. The second kappa shape index (κ2) is 5.80. The van der Waals surface area contributed by atoms with Crippen molar-refractivity contribution in [2.75, 3.05) is 6.54 Å². The summed E-state index contributed by atoms with van der Waals surface area (Å²) in [6.45, 7) is 13.2. The molecular formula is C26H35NO5. The average Bonchev–Trinajstić information content (AvgIpc) is 3.28. The molecule has 9 aliphatic rings. The first-order valence-electron chi connectivity index (χ1n) is 12.7. The van der Waals surface area contributed by atoms with Crippen LogP contribution in [0.2, 0.25) is 0 Å². The Morgan fingerprint density at radius 2 is 1.94 bits per heavy atom. The zero-order chi connectivity index (χ0) is 22.4. The molecule has 0 amide bonds. The van der Waals surface area contributed by atoms with Gasteiger partial charge in [0.05, 0.1) is 6.10 Å². The Kier molecular flexibility index (Phi) is 3.63. The van der Waals surface area contributed by atoms with Gasteiger partial charge in [-0.25, -0.2) is 0 Å². The van der Waals surface area contributed by atoms with E-state index in [1.165, 1.54) is 26.7 Å². The Labute approximate surface area is 190 Å². The second-order valence-electron chi connectivity index (χ2n) is 12.1. The monoisotopic (exact) mass is 441 g/mol. The maximum atomic E-state index is 12.3. The van der Waals surface area contributed by atoms with E-state index >= 15 is 0 Å². The predicted octanol–water partition coefficient (Wildman–Crippen LogP) is 3.30. The maximum Gasteiger partial charge on any atom is 0.303 e. The van der Waals surface area contributed by atoms with Gasteiger partial charge in [0, 0.05) is 42.1 Å². The molecule has 5 saturated carbocycles. The molecule has 0 N–H and O–H groups in total. The SMILES string of the molecule is C=C1[C@H]2C[C@@]3([C@@H]1OC(C)=O)[C@@H](C[C@@H]2OC(C)=O)[C@@]12C4[C@@H]3C[C@@H]1[C@@]1(C)CC[C@@H]2OC1N4CC. The molecule has 0 aromatic rings. The van der Waals surface area contributed by atoms with Crippen molar-refractivity contribution < 1.29 is 23.8 Å². The highest BCUT2D eigenvalue weighted by Gasteiger charge is 2.89. The molecule has 6 nitrogen and oxygen atoms in total. The molecule has 12 atom stereocenters. The van der Waals surface area contributed by atoms with Crippen molar-refractivity contribution in [1.29, 1.82) is 0 Å². The van der Waals surface area contributed by atoms with Gasteiger partial charge in [0.2, 0.25) is 0 Å². The normalized spacial score (nSPS) is 58.2. The average molecular weight is 442 g/mol. The lowest BCUT2D eigenvalue weighted by Crippen LogP contribution is -2.78. The van der Waals surface area contributed by atoms with Crippen LogP contribution in [0.25, 0.3) is 0 Å². The summed E-state index contributed by atoms with van der Waals surface area (Å²) in [5.41, 5.74) is 1.12. The zero-order valence-electron chi connectivity index (χ0n) is 19.6. The van der Waals surface area contributed by atoms with Crippen molar-refractivity contribution in [3.8, 4) is 0 Å². The van der Waals surface area contributed by atoms with Gasteiger partial charge < -0.3 is 14.2 Å². The van der Waals surface area contributed by atoms with Gasteiger partial charge in [-0.15, -0.1) is 0 Å². The lowest BCUT2D eigenvalue weighted by Gasteiger charge is -2.73. The van der Waals surface area contributed by atoms with Crippen LogP contribution in [0.5, 0.6) is 0 Å². The van der Waals surface area contributed by atoms with E-state index in [-0.39, 0.29) is 58.6 Å².